The Bertz CT molecular complexity index is 218. The van der Waals surface area contributed by atoms with E-state index >= 15 is 0 Å². The highest BCUT2D eigenvalue weighted by molar-refractivity contribution is 5.77. The van der Waals surface area contributed by atoms with Gasteiger partial charge in [-0.05, 0) is 0 Å². The van der Waals surface area contributed by atoms with Crippen LogP contribution in [0.1, 0.15) is 0 Å². The van der Waals surface area contributed by atoms with Crippen LogP contribution < -0.4 is 0 Å². The number of carbonyl (C=O) groups is 1. The van der Waals surface area contributed by atoms with Crippen LogP contribution in [0.5, 0.6) is 0 Å². The largest absolute Gasteiger partial charge is 0.455 e. The van der Waals surface area contributed by atoms with E-state index in [0.717, 1.165) is 0 Å². The highest BCUT2D eigenvalue weighted by Crippen LogP contribution is 2.20. The third kappa shape index (κ3) is 1.86. The van der Waals surface area contributed by atoms with Crippen molar-refractivity contribution in [2.45, 2.75) is 30.5 Å². The molecule has 5 N–H and O–H groups in total. The van der Waals surface area contributed by atoms with E-state index in [1.54, 1.807) is 0 Å². The summed E-state index contributed by atoms with van der Waals surface area (Å²) in [7, 11) is 0. The zero-order valence-electron chi connectivity index (χ0n) is 7.15. The third-order valence-electron chi connectivity index (χ3n) is 2.07. The molecule has 0 bridgehead atoms. The number of hydrogen-bond acceptors (Lipinski definition) is 7. The topological polar surface area (TPSA) is 127 Å². The Morgan fingerprint density at radius 1 is 1.36 bits per heavy atom. The van der Waals surface area contributed by atoms with Crippen molar-refractivity contribution in [2.24, 2.45) is 0 Å². The number of aliphatic hydroxyl groups excluding tert-OH is 5. The summed E-state index contributed by atoms with van der Waals surface area (Å²) in [5, 5.41) is 44.9. The highest BCUT2D eigenvalue weighted by Gasteiger charge is 2.47. The molecule has 0 aliphatic carbocycles. The molecular weight excluding hydrogens is 196 g/mol. The molecule has 0 spiro atoms. The zero-order chi connectivity index (χ0) is 10.9. The molecular formula is C7H12O7. The average molecular weight is 208 g/mol. The summed E-state index contributed by atoms with van der Waals surface area (Å²) in [6, 6.07) is 0. The molecule has 1 saturated heterocycles. The molecule has 1 aliphatic rings. The minimum atomic E-state index is -1.72. The van der Waals surface area contributed by atoms with Gasteiger partial charge in [-0.3, -0.25) is 0 Å². The van der Waals surface area contributed by atoms with Crippen LogP contribution in [0, 0.1) is 0 Å². The second-order valence-corrected chi connectivity index (χ2v) is 3.08. The normalized spacial score (nSPS) is 36.6. The van der Waals surface area contributed by atoms with E-state index in [4.69, 9.17) is 15.3 Å². The first-order chi connectivity index (χ1) is 6.49. The molecule has 1 heterocycles. The number of rotatable bonds is 3. The van der Waals surface area contributed by atoms with E-state index < -0.39 is 43.1 Å². The van der Waals surface area contributed by atoms with Gasteiger partial charge in [0.25, 0.3) is 0 Å². The summed E-state index contributed by atoms with van der Waals surface area (Å²) in [4.78, 5) is 10.7. The highest BCUT2D eigenvalue weighted by atomic mass is 16.6. The van der Waals surface area contributed by atoms with Crippen LogP contribution in [0.3, 0.4) is 0 Å². The molecule has 0 amide bonds. The van der Waals surface area contributed by atoms with E-state index in [-0.39, 0.29) is 0 Å². The van der Waals surface area contributed by atoms with Gasteiger partial charge in [-0.1, -0.05) is 0 Å². The van der Waals surface area contributed by atoms with Crippen LogP contribution in [0.2, 0.25) is 0 Å². The van der Waals surface area contributed by atoms with E-state index in [1.165, 1.54) is 0 Å². The molecule has 0 saturated carbocycles. The van der Waals surface area contributed by atoms with Gasteiger partial charge < -0.3 is 30.3 Å². The summed E-state index contributed by atoms with van der Waals surface area (Å²) in [5.74, 6) is -1.06. The van der Waals surface area contributed by atoms with Crippen LogP contribution >= 0.6 is 0 Å². The lowest BCUT2D eigenvalue weighted by Gasteiger charge is -2.23. The van der Waals surface area contributed by atoms with Gasteiger partial charge in [-0.25, -0.2) is 4.79 Å². The molecule has 14 heavy (non-hydrogen) atoms. The lowest BCUT2D eigenvalue weighted by atomic mass is 10.0. The van der Waals surface area contributed by atoms with E-state index in [2.05, 4.69) is 4.74 Å². The van der Waals surface area contributed by atoms with Crippen molar-refractivity contribution in [1.29, 1.82) is 0 Å². The second-order valence-electron chi connectivity index (χ2n) is 3.08. The molecule has 0 aromatic heterocycles. The van der Waals surface area contributed by atoms with Gasteiger partial charge in [0, 0.05) is 0 Å². The standard InChI is InChI=1S/C7H12O7/c8-1-2(9)3(10)6-4(11)5(12)7(13)14-6/h2-6,8-12H,1H2/t2-,3-,4-,5+,6-/m0/s1. The molecule has 0 unspecified atom stereocenters. The van der Waals surface area contributed by atoms with Gasteiger partial charge >= 0.3 is 5.97 Å². The Morgan fingerprint density at radius 2 is 1.93 bits per heavy atom. The van der Waals surface area contributed by atoms with Crippen molar-refractivity contribution in [1.82, 2.24) is 0 Å². The molecule has 0 aromatic rings. The lowest BCUT2D eigenvalue weighted by Crippen LogP contribution is -2.46. The summed E-state index contributed by atoms with van der Waals surface area (Å²) in [6.07, 6.45) is -7.90. The first kappa shape index (κ1) is 11.3. The Labute approximate surface area is 79.2 Å². The summed E-state index contributed by atoms with van der Waals surface area (Å²) >= 11 is 0. The molecule has 7 heteroatoms. The number of hydrogen-bond donors (Lipinski definition) is 5. The number of ether oxygens (including phenoxy) is 1. The molecule has 0 aromatic carbocycles. The van der Waals surface area contributed by atoms with E-state index in [1.807, 2.05) is 0 Å². The number of aliphatic hydroxyl groups is 5. The van der Waals surface area contributed by atoms with Gasteiger partial charge in [0.2, 0.25) is 0 Å². The number of esters is 1. The Hall–Kier alpha value is -0.730. The minimum absolute atomic E-state index is 0.738. The number of cyclic esters (lactones) is 1. The van der Waals surface area contributed by atoms with Crippen molar-refractivity contribution in [3.63, 3.8) is 0 Å². The predicted octanol–water partition coefficient (Wildman–Crippen LogP) is -3.65. The number of carbonyl (C=O) groups excluding carboxylic acids is 1. The monoisotopic (exact) mass is 208 g/mol. The molecule has 0 radical (unpaired) electrons. The maximum Gasteiger partial charge on any atom is 0.338 e. The maximum atomic E-state index is 10.7. The van der Waals surface area contributed by atoms with Gasteiger partial charge in [-0.15, -0.1) is 0 Å². The van der Waals surface area contributed by atoms with Crippen LogP contribution in [0.25, 0.3) is 0 Å². The fraction of sp³-hybridized carbons (Fsp3) is 0.857. The second kappa shape index (κ2) is 4.20. The van der Waals surface area contributed by atoms with E-state index in [9.17, 15) is 15.0 Å². The third-order valence-corrected chi connectivity index (χ3v) is 2.07. The van der Waals surface area contributed by atoms with Crippen molar-refractivity contribution >= 4 is 5.97 Å². The molecule has 7 nitrogen and oxygen atoms in total. The minimum Gasteiger partial charge on any atom is -0.455 e. The quantitative estimate of drug-likeness (QED) is 0.302. The molecule has 5 atom stereocenters. The smallest absolute Gasteiger partial charge is 0.338 e. The Kier molecular flexibility index (Phi) is 3.40. The maximum absolute atomic E-state index is 10.7. The van der Waals surface area contributed by atoms with Gasteiger partial charge in [-0.2, -0.15) is 0 Å². The molecule has 82 valence electrons. The van der Waals surface area contributed by atoms with Crippen molar-refractivity contribution < 1.29 is 35.1 Å². The van der Waals surface area contributed by atoms with Gasteiger partial charge in [0.1, 0.15) is 18.3 Å². The zero-order valence-corrected chi connectivity index (χ0v) is 7.15. The van der Waals surface area contributed by atoms with Crippen LogP contribution in [-0.2, 0) is 9.53 Å². The van der Waals surface area contributed by atoms with Crippen molar-refractivity contribution in [3.05, 3.63) is 0 Å². The van der Waals surface area contributed by atoms with Gasteiger partial charge in [0.15, 0.2) is 12.2 Å². The summed E-state index contributed by atoms with van der Waals surface area (Å²) < 4.78 is 4.41. The molecule has 1 rings (SSSR count). The fourth-order valence-corrected chi connectivity index (χ4v) is 1.19. The van der Waals surface area contributed by atoms with Crippen molar-refractivity contribution in [3.8, 4) is 0 Å². The van der Waals surface area contributed by atoms with Crippen molar-refractivity contribution in [2.75, 3.05) is 6.61 Å². The van der Waals surface area contributed by atoms with Crippen LogP contribution in [0.15, 0.2) is 0 Å². The molecule has 1 aliphatic heterocycles. The average Bonchev–Trinajstić information content (AvgIpc) is 2.43. The van der Waals surface area contributed by atoms with Gasteiger partial charge in [0.05, 0.1) is 6.61 Å². The van der Waals surface area contributed by atoms with Crippen LogP contribution in [0.4, 0.5) is 0 Å². The lowest BCUT2D eigenvalue weighted by molar-refractivity contribution is -0.155. The SMILES string of the molecule is O=C1O[C@@H]([C@@H](O)[C@@H](O)CO)[C@@H](O)[C@H]1O. The summed E-state index contributed by atoms with van der Waals surface area (Å²) in [6.45, 7) is -0.738. The predicted molar refractivity (Wildman–Crippen MR) is 41.0 cm³/mol. The van der Waals surface area contributed by atoms with Crippen LogP contribution in [-0.4, -0.2) is 68.6 Å². The first-order valence-corrected chi connectivity index (χ1v) is 4.02. The summed E-state index contributed by atoms with van der Waals surface area (Å²) in [5.41, 5.74) is 0. The van der Waals surface area contributed by atoms with E-state index in [0.29, 0.717) is 0 Å². The fourth-order valence-electron chi connectivity index (χ4n) is 1.19. The Morgan fingerprint density at radius 3 is 2.29 bits per heavy atom. The molecule has 1 fully saturated rings. The Balaban J connectivity index is 2.66. The first-order valence-electron chi connectivity index (χ1n) is 4.02.